The molecule has 0 saturated carbocycles. The minimum absolute atomic E-state index is 0.789. The van der Waals surface area contributed by atoms with Gasteiger partial charge in [-0.2, -0.15) is 0 Å². The van der Waals surface area contributed by atoms with Gasteiger partial charge in [-0.25, -0.2) is 0 Å². The van der Waals surface area contributed by atoms with Gasteiger partial charge in [0.15, 0.2) is 0 Å². The normalized spacial score (nSPS) is 11.3. The van der Waals surface area contributed by atoms with Crippen LogP contribution < -0.4 is 0 Å². The van der Waals surface area contributed by atoms with Crippen molar-refractivity contribution in [1.29, 1.82) is 0 Å². The fourth-order valence-electron chi connectivity index (χ4n) is 0.620. The van der Waals surface area contributed by atoms with Gasteiger partial charge in [-0.15, -0.1) is 0 Å². The van der Waals surface area contributed by atoms with E-state index in [1.165, 1.54) is 5.57 Å². The van der Waals surface area contributed by atoms with E-state index in [0.29, 0.717) is 0 Å². The first-order chi connectivity index (χ1) is 4.66. The molecule has 0 aliphatic carbocycles. The minimum atomic E-state index is 0.789. The first-order valence-corrected chi connectivity index (χ1v) is 3.47. The predicted molar refractivity (Wildman–Crippen MR) is 43.6 cm³/mol. The van der Waals surface area contributed by atoms with Crippen molar-refractivity contribution in [3.8, 4) is 0 Å². The number of oxime groups is 1. The zero-order valence-corrected chi connectivity index (χ0v) is 6.89. The van der Waals surface area contributed by atoms with Gasteiger partial charge in [0.2, 0.25) is 0 Å². The van der Waals surface area contributed by atoms with E-state index in [1.54, 1.807) is 0 Å². The van der Waals surface area contributed by atoms with Crippen molar-refractivity contribution in [3.05, 3.63) is 11.6 Å². The minimum Gasteiger partial charge on any atom is -0.411 e. The second-order valence-electron chi connectivity index (χ2n) is 2.66. The zero-order chi connectivity index (χ0) is 7.98. The monoisotopic (exact) mass is 141 g/mol. The molecule has 0 aromatic rings. The van der Waals surface area contributed by atoms with Crippen molar-refractivity contribution in [2.24, 2.45) is 5.16 Å². The van der Waals surface area contributed by atoms with Gasteiger partial charge in [-0.1, -0.05) is 16.8 Å². The molecule has 0 aliphatic heterocycles. The highest BCUT2D eigenvalue weighted by Gasteiger charge is 1.88. The molecule has 0 atom stereocenters. The second kappa shape index (κ2) is 5.03. The fraction of sp³-hybridized carbons (Fsp3) is 0.625. The Kier molecular flexibility index (Phi) is 4.63. The number of hydrogen-bond donors (Lipinski definition) is 1. The van der Waals surface area contributed by atoms with E-state index in [9.17, 15) is 0 Å². The molecule has 0 amide bonds. The largest absolute Gasteiger partial charge is 0.411 e. The first kappa shape index (κ1) is 9.21. The zero-order valence-electron chi connectivity index (χ0n) is 6.89. The average molecular weight is 141 g/mol. The van der Waals surface area contributed by atoms with E-state index < -0.39 is 0 Å². The number of rotatable bonds is 3. The summed E-state index contributed by atoms with van der Waals surface area (Å²) in [5.41, 5.74) is 2.10. The van der Waals surface area contributed by atoms with Gasteiger partial charge in [-0.3, -0.25) is 0 Å². The van der Waals surface area contributed by atoms with Crippen molar-refractivity contribution in [1.82, 2.24) is 0 Å². The Morgan fingerprint density at radius 2 is 2.00 bits per heavy atom. The predicted octanol–water partition coefficient (Wildman–Crippen LogP) is 2.58. The molecule has 2 heteroatoms. The maximum Gasteiger partial charge on any atom is 0.0543 e. The standard InChI is InChI=1S/C8H15NO/c1-7(2)5-4-6-8(3)9-10/h5,10H,4,6H2,1-3H3/b9-8-. The molecule has 0 bridgehead atoms. The fourth-order valence-corrected chi connectivity index (χ4v) is 0.620. The lowest BCUT2D eigenvalue weighted by Gasteiger charge is -1.92. The summed E-state index contributed by atoms with van der Waals surface area (Å²) in [7, 11) is 0. The number of nitrogens with zero attached hydrogens (tertiary/aromatic N) is 1. The van der Waals surface area contributed by atoms with E-state index in [0.717, 1.165) is 18.6 Å². The number of allylic oxidation sites excluding steroid dienone is 2. The van der Waals surface area contributed by atoms with Crippen molar-refractivity contribution >= 4 is 5.71 Å². The van der Waals surface area contributed by atoms with Crippen molar-refractivity contribution in [2.45, 2.75) is 33.6 Å². The molecule has 0 unspecified atom stereocenters. The first-order valence-electron chi connectivity index (χ1n) is 3.47. The van der Waals surface area contributed by atoms with Crippen molar-refractivity contribution in [2.75, 3.05) is 0 Å². The van der Waals surface area contributed by atoms with Crippen LogP contribution in [0.3, 0.4) is 0 Å². The quantitative estimate of drug-likeness (QED) is 0.278. The van der Waals surface area contributed by atoms with Gasteiger partial charge >= 0.3 is 0 Å². The highest BCUT2D eigenvalue weighted by molar-refractivity contribution is 5.81. The lowest BCUT2D eigenvalue weighted by atomic mass is 10.2. The van der Waals surface area contributed by atoms with E-state index >= 15 is 0 Å². The Hall–Kier alpha value is -0.790. The van der Waals surface area contributed by atoms with Crippen LogP contribution in [0.2, 0.25) is 0 Å². The molecule has 0 rings (SSSR count). The SMILES string of the molecule is CC(C)=CCC/C(C)=N\O. The van der Waals surface area contributed by atoms with Crippen LogP contribution in [0.1, 0.15) is 33.6 Å². The molecule has 0 aliphatic rings. The van der Waals surface area contributed by atoms with E-state index in [1.807, 2.05) is 6.92 Å². The van der Waals surface area contributed by atoms with E-state index in [2.05, 4.69) is 25.1 Å². The molecule has 0 saturated heterocycles. The van der Waals surface area contributed by atoms with Crippen molar-refractivity contribution in [3.63, 3.8) is 0 Å². The molecule has 10 heavy (non-hydrogen) atoms. The summed E-state index contributed by atoms with van der Waals surface area (Å²) < 4.78 is 0. The van der Waals surface area contributed by atoms with Crippen LogP contribution in [0.5, 0.6) is 0 Å². The molecule has 2 nitrogen and oxygen atoms in total. The molecule has 1 N–H and O–H groups in total. The number of hydrogen-bond acceptors (Lipinski definition) is 2. The van der Waals surface area contributed by atoms with Crippen LogP contribution in [0.15, 0.2) is 16.8 Å². The smallest absolute Gasteiger partial charge is 0.0543 e. The van der Waals surface area contributed by atoms with Crippen LogP contribution in [-0.2, 0) is 0 Å². The molecule has 58 valence electrons. The Bertz CT molecular complexity index is 143. The highest BCUT2D eigenvalue weighted by Crippen LogP contribution is 1.98. The Morgan fingerprint density at radius 3 is 2.40 bits per heavy atom. The lowest BCUT2D eigenvalue weighted by Crippen LogP contribution is -1.88. The third kappa shape index (κ3) is 5.35. The van der Waals surface area contributed by atoms with Crippen LogP contribution in [0.4, 0.5) is 0 Å². The summed E-state index contributed by atoms with van der Waals surface area (Å²) in [6.07, 6.45) is 3.95. The van der Waals surface area contributed by atoms with E-state index in [4.69, 9.17) is 5.21 Å². The summed E-state index contributed by atoms with van der Waals surface area (Å²) in [5, 5.41) is 11.3. The average Bonchev–Trinajstić information content (AvgIpc) is 1.87. The van der Waals surface area contributed by atoms with Gasteiger partial charge in [0, 0.05) is 0 Å². The summed E-state index contributed by atoms with van der Waals surface area (Å²) in [4.78, 5) is 0. The molecule has 0 aromatic heterocycles. The van der Waals surface area contributed by atoms with Gasteiger partial charge in [0.05, 0.1) is 5.71 Å². The second-order valence-corrected chi connectivity index (χ2v) is 2.66. The molecule has 0 heterocycles. The Balaban J connectivity index is 3.47. The third-order valence-corrected chi connectivity index (χ3v) is 1.23. The lowest BCUT2D eigenvalue weighted by molar-refractivity contribution is 0.317. The summed E-state index contributed by atoms with van der Waals surface area (Å²) in [5.74, 6) is 0. The molecular weight excluding hydrogens is 126 g/mol. The summed E-state index contributed by atoms with van der Waals surface area (Å²) in [6.45, 7) is 5.94. The maximum absolute atomic E-state index is 8.27. The van der Waals surface area contributed by atoms with Crippen LogP contribution in [0.25, 0.3) is 0 Å². The molecule has 0 radical (unpaired) electrons. The van der Waals surface area contributed by atoms with Gasteiger partial charge in [-0.05, 0) is 33.6 Å². The van der Waals surface area contributed by atoms with Gasteiger partial charge in [0.25, 0.3) is 0 Å². The van der Waals surface area contributed by atoms with Gasteiger partial charge in [0.1, 0.15) is 0 Å². The molecule has 0 aromatic carbocycles. The molecular formula is C8H15NO. The topological polar surface area (TPSA) is 32.6 Å². The van der Waals surface area contributed by atoms with Gasteiger partial charge < -0.3 is 5.21 Å². The Morgan fingerprint density at radius 1 is 1.40 bits per heavy atom. The van der Waals surface area contributed by atoms with Crippen LogP contribution in [0, 0.1) is 0 Å². The van der Waals surface area contributed by atoms with Crippen LogP contribution >= 0.6 is 0 Å². The molecule has 0 spiro atoms. The summed E-state index contributed by atoms with van der Waals surface area (Å²) >= 11 is 0. The summed E-state index contributed by atoms with van der Waals surface area (Å²) in [6, 6.07) is 0. The maximum atomic E-state index is 8.27. The third-order valence-electron chi connectivity index (χ3n) is 1.23. The van der Waals surface area contributed by atoms with Crippen molar-refractivity contribution < 1.29 is 5.21 Å². The Labute approximate surface area is 62.2 Å². The van der Waals surface area contributed by atoms with E-state index in [-0.39, 0.29) is 0 Å². The highest BCUT2D eigenvalue weighted by atomic mass is 16.4. The molecule has 0 fully saturated rings. The van der Waals surface area contributed by atoms with Crippen LogP contribution in [-0.4, -0.2) is 10.9 Å².